The topological polar surface area (TPSA) is 127 Å². The summed E-state index contributed by atoms with van der Waals surface area (Å²) in [5, 5.41) is 0. The highest BCUT2D eigenvalue weighted by Crippen LogP contribution is 2.28. The van der Waals surface area contributed by atoms with Crippen LogP contribution in [0.3, 0.4) is 0 Å². The van der Waals surface area contributed by atoms with E-state index in [9.17, 15) is 26.4 Å². The fourth-order valence-electron chi connectivity index (χ4n) is 3.35. The van der Waals surface area contributed by atoms with E-state index in [1.807, 2.05) is 0 Å². The van der Waals surface area contributed by atoms with Crippen molar-refractivity contribution in [1.82, 2.24) is 4.72 Å². The second-order valence-corrected chi connectivity index (χ2v) is 10.7. The highest BCUT2D eigenvalue weighted by molar-refractivity contribution is 7.94. The van der Waals surface area contributed by atoms with Crippen LogP contribution in [0, 0.1) is 6.92 Å². The van der Waals surface area contributed by atoms with Crippen molar-refractivity contribution >= 4 is 37.6 Å². The maximum absolute atomic E-state index is 13.0. The van der Waals surface area contributed by atoms with E-state index in [1.165, 1.54) is 32.2 Å². The van der Waals surface area contributed by atoms with Gasteiger partial charge in [0.2, 0.25) is 26.0 Å². The third-order valence-electron chi connectivity index (χ3n) is 4.83. The number of carbonyl (C=O) groups excluding carboxylic acids is 2. The van der Waals surface area contributed by atoms with Crippen LogP contribution >= 0.6 is 0 Å². The zero-order valence-corrected chi connectivity index (χ0v) is 18.6. The average Bonchev–Trinajstić information content (AvgIpc) is 2.99. The molecule has 0 aromatic heterocycles. The summed E-state index contributed by atoms with van der Waals surface area (Å²) in [4.78, 5) is 24.0. The Morgan fingerprint density at radius 2 is 1.87 bits per heavy atom. The maximum atomic E-state index is 13.0. The Morgan fingerprint density at radius 1 is 1.19 bits per heavy atom. The standard InChI is InChI=1S/C20H22N2O7S2/c1-14-12-16(22-19(23)10-11-30(22,25)26)8-9-18(14)31(27,28)21-17(20(24)29-2)13-15-6-4-3-5-7-15/h3-9,12,17,21H,10-11,13H2,1-2H3/t17-/m0/s1. The van der Waals surface area contributed by atoms with Gasteiger partial charge >= 0.3 is 5.97 Å². The van der Waals surface area contributed by atoms with Gasteiger partial charge in [0.05, 0.1) is 23.4 Å². The molecule has 166 valence electrons. The number of nitrogens with zero attached hydrogens (tertiary/aromatic N) is 1. The molecular weight excluding hydrogens is 444 g/mol. The molecular formula is C20H22N2O7S2. The fourth-order valence-corrected chi connectivity index (χ4v) is 6.21. The summed E-state index contributed by atoms with van der Waals surface area (Å²) in [6.45, 7) is 1.48. The van der Waals surface area contributed by atoms with Crippen molar-refractivity contribution in [1.29, 1.82) is 0 Å². The number of hydrogen-bond acceptors (Lipinski definition) is 7. The molecule has 1 amide bonds. The molecule has 2 aromatic rings. The lowest BCUT2D eigenvalue weighted by Gasteiger charge is -2.19. The number of hydrogen-bond donors (Lipinski definition) is 1. The zero-order chi connectivity index (χ0) is 22.8. The quantitative estimate of drug-likeness (QED) is 0.606. The van der Waals surface area contributed by atoms with E-state index in [0.29, 0.717) is 4.31 Å². The largest absolute Gasteiger partial charge is 0.468 e. The van der Waals surface area contributed by atoms with Gasteiger partial charge in [0.25, 0.3) is 0 Å². The van der Waals surface area contributed by atoms with Crippen LogP contribution in [0.2, 0.25) is 0 Å². The minimum absolute atomic E-state index is 0.0766. The third kappa shape index (κ3) is 4.94. The number of methoxy groups -OCH3 is 1. The Balaban J connectivity index is 1.90. The number of esters is 1. The van der Waals surface area contributed by atoms with Crippen LogP contribution in [0.1, 0.15) is 17.5 Å². The van der Waals surface area contributed by atoms with Crippen molar-refractivity contribution in [2.45, 2.75) is 30.7 Å². The fraction of sp³-hybridized carbons (Fsp3) is 0.300. The molecule has 0 bridgehead atoms. The average molecular weight is 467 g/mol. The predicted molar refractivity (Wildman–Crippen MR) is 113 cm³/mol. The summed E-state index contributed by atoms with van der Waals surface area (Å²) in [5.74, 6) is -1.59. The van der Waals surface area contributed by atoms with Gasteiger partial charge in [0.1, 0.15) is 6.04 Å². The van der Waals surface area contributed by atoms with Gasteiger partial charge < -0.3 is 4.74 Å². The molecule has 1 heterocycles. The molecule has 0 radical (unpaired) electrons. The molecule has 1 saturated heterocycles. The molecule has 1 aliphatic rings. The number of nitrogens with one attached hydrogen (secondary N) is 1. The first kappa shape index (κ1) is 22.9. The smallest absolute Gasteiger partial charge is 0.324 e. The van der Waals surface area contributed by atoms with Gasteiger partial charge in [-0.15, -0.1) is 0 Å². The molecule has 31 heavy (non-hydrogen) atoms. The highest BCUT2D eigenvalue weighted by Gasteiger charge is 2.37. The molecule has 3 rings (SSSR count). The Labute approximate surface area is 181 Å². The van der Waals surface area contributed by atoms with E-state index in [1.54, 1.807) is 30.3 Å². The van der Waals surface area contributed by atoms with Crippen LogP contribution in [0.25, 0.3) is 0 Å². The van der Waals surface area contributed by atoms with Gasteiger partial charge in [-0.2, -0.15) is 4.72 Å². The zero-order valence-electron chi connectivity index (χ0n) is 16.9. The van der Waals surface area contributed by atoms with E-state index in [4.69, 9.17) is 4.74 Å². The van der Waals surface area contributed by atoms with Gasteiger partial charge in [0.15, 0.2) is 0 Å². The molecule has 0 unspecified atom stereocenters. The lowest BCUT2D eigenvalue weighted by atomic mass is 10.1. The van der Waals surface area contributed by atoms with Crippen LogP contribution in [0.4, 0.5) is 5.69 Å². The monoisotopic (exact) mass is 466 g/mol. The van der Waals surface area contributed by atoms with E-state index in [2.05, 4.69) is 4.72 Å². The third-order valence-corrected chi connectivity index (χ3v) is 8.15. The van der Waals surface area contributed by atoms with Gasteiger partial charge in [-0.25, -0.2) is 21.1 Å². The van der Waals surface area contributed by atoms with E-state index in [-0.39, 0.29) is 34.7 Å². The Hall–Kier alpha value is -2.76. The molecule has 0 saturated carbocycles. The lowest BCUT2D eigenvalue weighted by Crippen LogP contribution is -2.43. The lowest BCUT2D eigenvalue weighted by molar-refractivity contribution is -0.142. The summed E-state index contributed by atoms with van der Waals surface area (Å²) in [7, 11) is -6.75. The minimum Gasteiger partial charge on any atom is -0.468 e. The summed E-state index contributed by atoms with van der Waals surface area (Å²) in [5.41, 5.74) is 1.04. The van der Waals surface area contributed by atoms with Crippen LogP contribution in [0.15, 0.2) is 53.4 Å². The van der Waals surface area contributed by atoms with E-state index >= 15 is 0 Å². The number of rotatable bonds is 7. The SMILES string of the molecule is COC(=O)[C@H](Cc1ccccc1)NS(=O)(=O)c1ccc(N2C(=O)CCS2(=O)=O)cc1C. The van der Waals surface area contributed by atoms with Crippen molar-refractivity contribution in [3.05, 3.63) is 59.7 Å². The molecule has 0 spiro atoms. The number of amides is 1. The minimum atomic E-state index is -4.15. The van der Waals surface area contributed by atoms with Crippen LogP contribution in [0.5, 0.6) is 0 Å². The number of sulfonamides is 2. The summed E-state index contributed by atoms with van der Waals surface area (Å²) in [6.07, 6.45) is -0.0340. The number of carbonyl (C=O) groups is 2. The summed E-state index contributed by atoms with van der Waals surface area (Å²) >= 11 is 0. The Kier molecular flexibility index (Phi) is 6.48. The van der Waals surface area contributed by atoms with Gasteiger partial charge in [-0.3, -0.25) is 9.59 Å². The second kappa shape index (κ2) is 8.77. The number of anilines is 1. The van der Waals surface area contributed by atoms with Crippen molar-refractivity contribution in [2.75, 3.05) is 17.2 Å². The number of aryl methyl sites for hydroxylation is 1. The molecule has 11 heteroatoms. The first-order valence-corrected chi connectivity index (χ1v) is 12.4. The molecule has 0 aliphatic carbocycles. The van der Waals surface area contributed by atoms with Crippen LogP contribution in [-0.4, -0.2) is 47.6 Å². The second-order valence-electron chi connectivity index (χ2n) is 7.06. The van der Waals surface area contributed by atoms with Gasteiger partial charge in [-0.1, -0.05) is 30.3 Å². The van der Waals surface area contributed by atoms with Crippen molar-refractivity contribution in [3.63, 3.8) is 0 Å². The van der Waals surface area contributed by atoms with Crippen LogP contribution < -0.4 is 9.03 Å². The molecule has 1 aliphatic heterocycles. The van der Waals surface area contributed by atoms with Crippen molar-refractivity contribution in [2.24, 2.45) is 0 Å². The normalized spacial score (nSPS) is 16.8. The molecule has 1 N–H and O–H groups in total. The Bertz CT molecular complexity index is 1210. The maximum Gasteiger partial charge on any atom is 0.324 e. The predicted octanol–water partition coefficient (Wildman–Crippen LogP) is 1.12. The first-order valence-electron chi connectivity index (χ1n) is 9.36. The van der Waals surface area contributed by atoms with E-state index in [0.717, 1.165) is 5.56 Å². The van der Waals surface area contributed by atoms with Gasteiger partial charge in [0, 0.05) is 6.42 Å². The Morgan fingerprint density at radius 3 is 2.42 bits per heavy atom. The number of benzene rings is 2. The summed E-state index contributed by atoms with van der Waals surface area (Å²) in [6, 6.07) is 11.5. The molecule has 9 nitrogen and oxygen atoms in total. The van der Waals surface area contributed by atoms with Crippen molar-refractivity contribution < 1.29 is 31.2 Å². The summed E-state index contributed by atoms with van der Waals surface area (Å²) < 4.78 is 58.0. The highest BCUT2D eigenvalue weighted by atomic mass is 32.2. The van der Waals surface area contributed by atoms with E-state index < -0.39 is 38.0 Å². The van der Waals surface area contributed by atoms with Crippen LogP contribution in [-0.2, 0) is 40.8 Å². The van der Waals surface area contributed by atoms with Crippen molar-refractivity contribution in [3.8, 4) is 0 Å². The number of ether oxygens (including phenoxy) is 1. The molecule has 1 fully saturated rings. The molecule has 1 atom stereocenters. The van der Waals surface area contributed by atoms with Gasteiger partial charge in [-0.05, 0) is 42.7 Å². The first-order chi connectivity index (χ1) is 14.5. The molecule has 2 aromatic carbocycles.